The van der Waals surface area contributed by atoms with E-state index in [9.17, 15) is 9.59 Å². The molecule has 0 spiro atoms. The first-order valence-electron chi connectivity index (χ1n) is 9.57. The van der Waals surface area contributed by atoms with Crippen LogP contribution >= 0.6 is 0 Å². The molecule has 2 heterocycles. The van der Waals surface area contributed by atoms with E-state index in [0.717, 1.165) is 0 Å². The van der Waals surface area contributed by atoms with Gasteiger partial charge in [0.1, 0.15) is 6.10 Å². The first-order valence-corrected chi connectivity index (χ1v) is 12.5. The van der Waals surface area contributed by atoms with Crippen LogP contribution in [0.1, 0.15) is 39.3 Å². The number of H-pyrrole nitrogens is 1. The summed E-state index contributed by atoms with van der Waals surface area (Å²) < 4.78 is 19.5. The van der Waals surface area contributed by atoms with Crippen LogP contribution in [0.5, 0.6) is 0 Å². The van der Waals surface area contributed by atoms with E-state index in [0.29, 0.717) is 18.8 Å². The Morgan fingerprint density at radius 1 is 1.32 bits per heavy atom. The van der Waals surface area contributed by atoms with Gasteiger partial charge >= 0.3 is 5.69 Å². The largest absolute Gasteiger partial charge is 0.414 e. The molecule has 0 fully saturated rings. The second kappa shape index (κ2) is 8.73. The topological polar surface area (TPSA) is 82.6 Å². The van der Waals surface area contributed by atoms with Crippen molar-refractivity contribution in [2.45, 2.75) is 64.3 Å². The number of rotatable bonds is 7. The predicted octanol–water partition coefficient (Wildman–Crippen LogP) is 3.06. The van der Waals surface area contributed by atoms with Gasteiger partial charge in [-0.15, -0.1) is 0 Å². The third-order valence-corrected chi connectivity index (χ3v) is 9.94. The molecule has 1 aliphatic heterocycles. The van der Waals surface area contributed by atoms with E-state index in [4.69, 9.17) is 13.9 Å². The zero-order chi connectivity index (χ0) is 21.1. The molecule has 7 nitrogen and oxygen atoms in total. The molecule has 0 aliphatic carbocycles. The number of ether oxygens (including phenoxy) is 2. The zero-order valence-electron chi connectivity index (χ0n) is 17.7. The van der Waals surface area contributed by atoms with Crippen LogP contribution in [0.4, 0.5) is 0 Å². The van der Waals surface area contributed by atoms with Gasteiger partial charge in [0.25, 0.3) is 5.56 Å². The molecule has 0 saturated carbocycles. The van der Waals surface area contributed by atoms with Crippen molar-refractivity contribution >= 4 is 14.4 Å². The standard InChI is InChI=1S/C20H32N2O5Si/c1-8-14-12-22(19(24)21-18(14)23)15-10-11-17(25-9-2)27-16(15)13-26-28(6,7)20(3,4)5/h8,10-12,15-17H,1,9,13H2,2-7H3,(H,21,23,24)/t15?,16-,17?/m1/s1. The molecule has 0 amide bonds. The summed E-state index contributed by atoms with van der Waals surface area (Å²) in [5.74, 6) is 0. The minimum atomic E-state index is -2.01. The molecular weight excluding hydrogens is 376 g/mol. The molecule has 1 aromatic rings. The highest BCUT2D eigenvalue weighted by molar-refractivity contribution is 6.74. The van der Waals surface area contributed by atoms with Crippen LogP contribution in [0.15, 0.2) is 34.5 Å². The van der Waals surface area contributed by atoms with Crippen molar-refractivity contribution in [2.75, 3.05) is 13.2 Å². The summed E-state index contributed by atoms with van der Waals surface area (Å²) in [4.78, 5) is 26.6. The molecule has 0 radical (unpaired) electrons. The fraction of sp³-hybridized carbons (Fsp3) is 0.600. The summed E-state index contributed by atoms with van der Waals surface area (Å²) in [6.07, 6.45) is 5.65. The fourth-order valence-corrected chi connectivity index (χ4v) is 3.68. The van der Waals surface area contributed by atoms with Gasteiger partial charge in [-0.05, 0) is 31.1 Å². The van der Waals surface area contributed by atoms with Crippen molar-refractivity contribution < 1.29 is 13.9 Å². The van der Waals surface area contributed by atoms with Gasteiger partial charge in [0.05, 0.1) is 18.2 Å². The van der Waals surface area contributed by atoms with Gasteiger partial charge < -0.3 is 13.9 Å². The lowest BCUT2D eigenvalue weighted by atomic mass is 10.1. The lowest BCUT2D eigenvalue weighted by molar-refractivity contribution is -0.163. The molecule has 1 aliphatic rings. The molecule has 3 atom stereocenters. The summed E-state index contributed by atoms with van der Waals surface area (Å²) in [6.45, 7) is 17.2. The third-order valence-electron chi connectivity index (χ3n) is 5.44. The van der Waals surface area contributed by atoms with E-state index < -0.39 is 38.0 Å². The lowest BCUT2D eigenvalue weighted by Crippen LogP contribution is -2.47. The SMILES string of the molecule is C=Cc1cn(C2C=CC(OCC)O[C@@H]2CO[Si](C)(C)C(C)(C)C)c(=O)[nH]c1=O. The summed E-state index contributed by atoms with van der Waals surface area (Å²) in [6, 6.07) is -0.426. The van der Waals surface area contributed by atoms with Crippen LogP contribution in [-0.4, -0.2) is 43.5 Å². The molecule has 2 unspecified atom stereocenters. The van der Waals surface area contributed by atoms with Crippen LogP contribution in [0, 0.1) is 0 Å². The Kier molecular flexibility index (Phi) is 7.03. The number of aromatic amines is 1. The van der Waals surface area contributed by atoms with Crippen molar-refractivity contribution in [1.29, 1.82) is 0 Å². The quantitative estimate of drug-likeness (QED) is 0.554. The van der Waals surface area contributed by atoms with Crippen LogP contribution in [0.2, 0.25) is 18.1 Å². The van der Waals surface area contributed by atoms with Crippen LogP contribution in [0.25, 0.3) is 6.08 Å². The van der Waals surface area contributed by atoms with Crippen LogP contribution in [-0.2, 0) is 13.9 Å². The molecule has 8 heteroatoms. The number of aromatic nitrogens is 2. The maximum Gasteiger partial charge on any atom is 0.328 e. The smallest absolute Gasteiger partial charge is 0.328 e. The van der Waals surface area contributed by atoms with E-state index in [1.807, 2.05) is 13.0 Å². The zero-order valence-corrected chi connectivity index (χ0v) is 18.7. The van der Waals surface area contributed by atoms with E-state index >= 15 is 0 Å². The molecule has 0 aromatic carbocycles. The molecule has 1 aromatic heterocycles. The number of hydrogen-bond acceptors (Lipinski definition) is 5. The van der Waals surface area contributed by atoms with E-state index in [1.54, 1.807) is 6.08 Å². The van der Waals surface area contributed by atoms with Crippen LogP contribution < -0.4 is 11.2 Å². The molecular formula is C20H32N2O5Si. The molecule has 0 bridgehead atoms. The highest BCUT2D eigenvalue weighted by Crippen LogP contribution is 2.37. The van der Waals surface area contributed by atoms with Crippen LogP contribution in [0.3, 0.4) is 0 Å². The second-order valence-corrected chi connectivity index (χ2v) is 13.2. The average molecular weight is 409 g/mol. The van der Waals surface area contributed by atoms with E-state index in [2.05, 4.69) is 45.4 Å². The maximum absolute atomic E-state index is 12.4. The minimum absolute atomic E-state index is 0.0527. The first-order chi connectivity index (χ1) is 13.0. The van der Waals surface area contributed by atoms with Gasteiger partial charge in [0, 0.05) is 12.8 Å². The highest BCUT2D eigenvalue weighted by atomic mass is 28.4. The third kappa shape index (κ3) is 4.99. The fourth-order valence-electron chi connectivity index (χ4n) is 2.67. The molecule has 28 heavy (non-hydrogen) atoms. The Morgan fingerprint density at radius 2 is 2.00 bits per heavy atom. The summed E-state index contributed by atoms with van der Waals surface area (Å²) in [5, 5.41) is 0.0527. The summed E-state index contributed by atoms with van der Waals surface area (Å²) in [7, 11) is -2.01. The monoisotopic (exact) mass is 408 g/mol. The molecule has 1 N–H and O–H groups in total. The highest BCUT2D eigenvalue weighted by Gasteiger charge is 2.39. The predicted molar refractivity (Wildman–Crippen MR) is 113 cm³/mol. The number of nitrogens with zero attached hydrogens (tertiary/aromatic N) is 1. The average Bonchev–Trinajstić information content (AvgIpc) is 2.60. The normalized spacial score (nSPS) is 23.0. The van der Waals surface area contributed by atoms with Gasteiger partial charge in [0.15, 0.2) is 14.6 Å². The van der Waals surface area contributed by atoms with Crippen molar-refractivity contribution in [1.82, 2.24) is 9.55 Å². The van der Waals surface area contributed by atoms with Gasteiger partial charge in [-0.25, -0.2) is 4.79 Å². The second-order valence-electron chi connectivity index (χ2n) is 8.40. The Balaban J connectivity index is 2.37. The van der Waals surface area contributed by atoms with Crippen molar-refractivity contribution in [3.63, 3.8) is 0 Å². The summed E-state index contributed by atoms with van der Waals surface area (Å²) in [5.41, 5.74) is -0.636. The van der Waals surface area contributed by atoms with Gasteiger partial charge in [-0.1, -0.05) is 39.5 Å². The Bertz CT molecular complexity index is 834. The first kappa shape index (κ1) is 22.5. The van der Waals surface area contributed by atoms with Gasteiger partial charge in [-0.2, -0.15) is 0 Å². The van der Waals surface area contributed by atoms with Crippen molar-refractivity contribution in [3.05, 3.63) is 51.3 Å². The lowest BCUT2D eigenvalue weighted by Gasteiger charge is -2.39. The Labute approximate surface area is 167 Å². The van der Waals surface area contributed by atoms with Gasteiger partial charge in [-0.3, -0.25) is 14.3 Å². The minimum Gasteiger partial charge on any atom is -0.414 e. The Morgan fingerprint density at radius 3 is 2.57 bits per heavy atom. The van der Waals surface area contributed by atoms with Gasteiger partial charge in [0.2, 0.25) is 0 Å². The molecule has 2 rings (SSSR count). The number of nitrogens with one attached hydrogen (secondary N) is 1. The van der Waals surface area contributed by atoms with Crippen molar-refractivity contribution in [2.24, 2.45) is 0 Å². The molecule has 0 saturated heterocycles. The summed E-state index contributed by atoms with van der Waals surface area (Å²) >= 11 is 0. The van der Waals surface area contributed by atoms with E-state index in [1.165, 1.54) is 16.8 Å². The maximum atomic E-state index is 12.4. The number of hydrogen-bond donors (Lipinski definition) is 1. The molecule has 156 valence electrons. The Hall–Kier alpha value is -1.74. The van der Waals surface area contributed by atoms with Crippen molar-refractivity contribution in [3.8, 4) is 0 Å². The van der Waals surface area contributed by atoms with E-state index in [-0.39, 0.29) is 5.04 Å².